The van der Waals surface area contributed by atoms with Crippen molar-refractivity contribution in [1.82, 2.24) is 0 Å². The number of fused-ring (bicyclic) bond motifs is 1. The van der Waals surface area contributed by atoms with Gasteiger partial charge in [0.15, 0.2) is 11.5 Å². The van der Waals surface area contributed by atoms with Crippen molar-refractivity contribution in [1.29, 1.82) is 0 Å². The van der Waals surface area contributed by atoms with Gasteiger partial charge < -0.3 is 9.47 Å². The van der Waals surface area contributed by atoms with Crippen LogP contribution in [0.2, 0.25) is 0 Å². The summed E-state index contributed by atoms with van der Waals surface area (Å²) < 4.78 is 10.4. The summed E-state index contributed by atoms with van der Waals surface area (Å²) in [5.74, 6) is 0.198. The van der Waals surface area contributed by atoms with E-state index in [9.17, 15) is 9.59 Å². The van der Waals surface area contributed by atoms with E-state index < -0.39 is 0 Å². The Labute approximate surface area is 112 Å². The van der Waals surface area contributed by atoms with Crippen LogP contribution in [0.25, 0.3) is 0 Å². The highest BCUT2D eigenvalue weighted by atomic mass is 16.5. The highest BCUT2D eigenvalue weighted by molar-refractivity contribution is 6.23. The molecule has 1 aliphatic carbocycles. The molecule has 0 N–H and O–H groups in total. The SMILES string of the molecule is CCCCOc1ccc2c(c1)C(=O)C=C(OC)C2=O. The van der Waals surface area contributed by atoms with E-state index in [0.717, 1.165) is 12.8 Å². The second-order valence-corrected chi connectivity index (χ2v) is 4.32. The molecule has 0 amide bonds. The lowest BCUT2D eigenvalue weighted by atomic mass is 9.93. The molecule has 0 fully saturated rings. The summed E-state index contributed by atoms with van der Waals surface area (Å²) in [5.41, 5.74) is 0.743. The summed E-state index contributed by atoms with van der Waals surface area (Å²) in [6.07, 6.45) is 3.22. The zero-order chi connectivity index (χ0) is 13.8. The minimum atomic E-state index is -0.266. The minimum Gasteiger partial charge on any atom is -0.494 e. The van der Waals surface area contributed by atoms with E-state index >= 15 is 0 Å². The standard InChI is InChI=1S/C15H16O4/c1-3-4-7-19-10-5-6-11-12(8-10)13(16)9-14(18-2)15(11)17/h5-6,8-9H,3-4,7H2,1-2H3. The Morgan fingerprint density at radius 3 is 2.63 bits per heavy atom. The summed E-state index contributed by atoms with van der Waals surface area (Å²) in [5, 5.41) is 0. The zero-order valence-electron chi connectivity index (χ0n) is 11.1. The molecule has 0 saturated heterocycles. The molecular formula is C15H16O4. The van der Waals surface area contributed by atoms with E-state index in [1.807, 2.05) is 0 Å². The van der Waals surface area contributed by atoms with Gasteiger partial charge in [-0.25, -0.2) is 0 Å². The minimum absolute atomic E-state index is 0.0807. The summed E-state index contributed by atoms with van der Waals surface area (Å²) in [6.45, 7) is 2.69. The number of allylic oxidation sites excluding steroid dienone is 2. The fourth-order valence-corrected chi connectivity index (χ4v) is 1.90. The van der Waals surface area contributed by atoms with E-state index in [0.29, 0.717) is 23.5 Å². The van der Waals surface area contributed by atoms with Gasteiger partial charge in [0.1, 0.15) is 5.75 Å². The molecule has 0 bridgehead atoms. The van der Waals surface area contributed by atoms with Crippen molar-refractivity contribution >= 4 is 11.6 Å². The lowest BCUT2D eigenvalue weighted by Gasteiger charge is -2.15. The van der Waals surface area contributed by atoms with Crippen molar-refractivity contribution in [3.8, 4) is 5.75 Å². The number of carbonyl (C=O) groups is 2. The molecule has 0 aromatic heterocycles. The molecule has 1 aromatic rings. The highest BCUT2D eigenvalue weighted by Gasteiger charge is 2.26. The lowest BCUT2D eigenvalue weighted by molar-refractivity contribution is 0.0916. The Morgan fingerprint density at radius 1 is 1.16 bits per heavy atom. The number of unbranched alkanes of at least 4 members (excludes halogenated alkanes) is 1. The summed E-state index contributed by atoms with van der Waals surface area (Å²) in [6, 6.07) is 4.94. The quantitative estimate of drug-likeness (QED) is 0.764. The topological polar surface area (TPSA) is 52.6 Å². The van der Waals surface area contributed by atoms with Crippen LogP contribution in [0, 0.1) is 0 Å². The first-order valence-corrected chi connectivity index (χ1v) is 6.29. The normalized spacial score (nSPS) is 13.9. The average Bonchev–Trinajstić information content (AvgIpc) is 2.43. The van der Waals surface area contributed by atoms with Gasteiger partial charge in [0, 0.05) is 17.2 Å². The second-order valence-electron chi connectivity index (χ2n) is 4.32. The Kier molecular flexibility index (Phi) is 4.00. The number of hydrogen-bond donors (Lipinski definition) is 0. The van der Waals surface area contributed by atoms with Gasteiger partial charge in [-0.1, -0.05) is 13.3 Å². The van der Waals surface area contributed by atoms with Gasteiger partial charge in [-0.05, 0) is 24.6 Å². The van der Waals surface area contributed by atoms with Crippen molar-refractivity contribution in [2.45, 2.75) is 19.8 Å². The third kappa shape index (κ3) is 2.67. The van der Waals surface area contributed by atoms with Crippen molar-refractivity contribution in [3.63, 3.8) is 0 Å². The Bertz CT molecular complexity index is 543. The first-order valence-electron chi connectivity index (χ1n) is 6.29. The van der Waals surface area contributed by atoms with E-state index in [2.05, 4.69) is 6.92 Å². The Balaban J connectivity index is 2.26. The predicted molar refractivity (Wildman–Crippen MR) is 70.6 cm³/mol. The number of ether oxygens (including phenoxy) is 2. The maximum atomic E-state index is 12.0. The molecule has 0 aliphatic heterocycles. The molecule has 0 atom stereocenters. The van der Waals surface area contributed by atoms with Crippen LogP contribution in [0.3, 0.4) is 0 Å². The van der Waals surface area contributed by atoms with Crippen LogP contribution in [-0.4, -0.2) is 25.3 Å². The number of carbonyl (C=O) groups excluding carboxylic acids is 2. The van der Waals surface area contributed by atoms with Gasteiger partial charge in [-0.15, -0.1) is 0 Å². The maximum absolute atomic E-state index is 12.0. The first kappa shape index (κ1) is 13.3. The van der Waals surface area contributed by atoms with Gasteiger partial charge in [0.05, 0.1) is 13.7 Å². The molecule has 100 valence electrons. The number of methoxy groups -OCH3 is 1. The van der Waals surface area contributed by atoms with Crippen LogP contribution in [0.5, 0.6) is 5.75 Å². The second kappa shape index (κ2) is 5.69. The van der Waals surface area contributed by atoms with Gasteiger partial charge in [-0.3, -0.25) is 9.59 Å². The third-order valence-corrected chi connectivity index (χ3v) is 2.97. The van der Waals surface area contributed by atoms with Crippen LogP contribution in [-0.2, 0) is 4.74 Å². The zero-order valence-corrected chi connectivity index (χ0v) is 11.1. The largest absolute Gasteiger partial charge is 0.494 e. The number of hydrogen-bond acceptors (Lipinski definition) is 4. The van der Waals surface area contributed by atoms with Gasteiger partial charge in [0.2, 0.25) is 5.78 Å². The number of rotatable bonds is 5. The fourth-order valence-electron chi connectivity index (χ4n) is 1.90. The van der Waals surface area contributed by atoms with Crippen LogP contribution in [0.15, 0.2) is 30.0 Å². The van der Waals surface area contributed by atoms with E-state index in [1.54, 1.807) is 18.2 Å². The molecule has 0 saturated carbocycles. The Morgan fingerprint density at radius 2 is 1.95 bits per heavy atom. The molecule has 0 heterocycles. The van der Waals surface area contributed by atoms with Crippen LogP contribution in [0.1, 0.15) is 40.5 Å². The monoisotopic (exact) mass is 260 g/mol. The molecule has 4 heteroatoms. The Hall–Kier alpha value is -2.10. The van der Waals surface area contributed by atoms with Crippen molar-refractivity contribution in [3.05, 3.63) is 41.2 Å². The fraction of sp³-hybridized carbons (Fsp3) is 0.333. The van der Waals surface area contributed by atoms with Crippen LogP contribution in [0.4, 0.5) is 0 Å². The molecule has 1 aliphatic rings. The maximum Gasteiger partial charge on any atom is 0.228 e. The van der Waals surface area contributed by atoms with Crippen LogP contribution >= 0.6 is 0 Å². The molecule has 4 nitrogen and oxygen atoms in total. The van der Waals surface area contributed by atoms with Gasteiger partial charge in [0.25, 0.3) is 0 Å². The van der Waals surface area contributed by atoms with E-state index in [-0.39, 0.29) is 17.3 Å². The van der Waals surface area contributed by atoms with Gasteiger partial charge in [-0.2, -0.15) is 0 Å². The number of Topliss-reactive ketones (excluding diaryl/α,β-unsaturated/α-hetero) is 1. The van der Waals surface area contributed by atoms with Crippen molar-refractivity contribution in [2.75, 3.05) is 13.7 Å². The summed E-state index contributed by atoms with van der Waals surface area (Å²) in [4.78, 5) is 23.9. The lowest BCUT2D eigenvalue weighted by Crippen LogP contribution is -2.18. The first-order chi connectivity index (χ1) is 9.17. The number of benzene rings is 1. The molecule has 2 rings (SSSR count). The molecule has 19 heavy (non-hydrogen) atoms. The van der Waals surface area contributed by atoms with Crippen molar-refractivity contribution < 1.29 is 19.1 Å². The summed E-state index contributed by atoms with van der Waals surface area (Å²) >= 11 is 0. The predicted octanol–water partition coefficient (Wildman–Crippen LogP) is 2.77. The molecule has 0 spiro atoms. The van der Waals surface area contributed by atoms with Gasteiger partial charge >= 0.3 is 0 Å². The van der Waals surface area contributed by atoms with E-state index in [4.69, 9.17) is 9.47 Å². The molecule has 1 aromatic carbocycles. The number of ketones is 2. The van der Waals surface area contributed by atoms with E-state index in [1.165, 1.54) is 13.2 Å². The average molecular weight is 260 g/mol. The highest BCUT2D eigenvalue weighted by Crippen LogP contribution is 2.25. The smallest absolute Gasteiger partial charge is 0.228 e. The molecular weight excluding hydrogens is 244 g/mol. The molecule has 0 radical (unpaired) electrons. The third-order valence-electron chi connectivity index (χ3n) is 2.97. The molecule has 0 unspecified atom stereocenters. The van der Waals surface area contributed by atoms with Crippen molar-refractivity contribution in [2.24, 2.45) is 0 Å². The summed E-state index contributed by atoms with van der Waals surface area (Å²) in [7, 11) is 1.38. The van der Waals surface area contributed by atoms with Crippen LogP contribution < -0.4 is 4.74 Å².